The van der Waals surface area contributed by atoms with Gasteiger partial charge in [-0.2, -0.15) is 0 Å². The van der Waals surface area contributed by atoms with E-state index in [4.69, 9.17) is 5.11 Å². The van der Waals surface area contributed by atoms with E-state index in [0.717, 1.165) is 18.2 Å². The van der Waals surface area contributed by atoms with Crippen LogP contribution in [0.2, 0.25) is 0 Å². The van der Waals surface area contributed by atoms with Gasteiger partial charge in [0.25, 0.3) is 0 Å². The van der Waals surface area contributed by atoms with Crippen LogP contribution in [0.1, 0.15) is 35.7 Å². The smallest absolute Gasteiger partial charge is 0.336 e. The van der Waals surface area contributed by atoms with Crippen molar-refractivity contribution >= 4 is 5.97 Å². The summed E-state index contributed by atoms with van der Waals surface area (Å²) in [5.41, 5.74) is 1.23. The molecule has 0 radical (unpaired) electrons. The molecule has 1 unspecified atom stereocenters. The van der Waals surface area contributed by atoms with Crippen LogP contribution in [-0.4, -0.2) is 41.7 Å². The highest BCUT2D eigenvalue weighted by atomic mass is 16.4. The molecule has 1 aliphatic carbocycles. The standard InChI is InChI=1S/C15H22N2O2/c1-11(17(2)13-7-8-13)9-16-10-12-5-3-4-6-14(12)15(18)19/h3-6,11,13,16H,7-10H2,1-2H3,(H,18,19). The van der Waals surface area contributed by atoms with Crippen molar-refractivity contribution in [3.05, 3.63) is 35.4 Å². The number of hydrogen-bond donors (Lipinski definition) is 2. The molecule has 1 fully saturated rings. The monoisotopic (exact) mass is 262 g/mol. The first-order chi connectivity index (χ1) is 9.09. The lowest BCUT2D eigenvalue weighted by molar-refractivity contribution is 0.0695. The Morgan fingerprint density at radius 1 is 1.47 bits per heavy atom. The normalized spacial score (nSPS) is 16.6. The highest BCUT2D eigenvalue weighted by Crippen LogP contribution is 2.26. The van der Waals surface area contributed by atoms with Gasteiger partial charge in [-0.05, 0) is 38.4 Å². The van der Waals surface area contributed by atoms with Crippen molar-refractivity contribution in [3.8, 4) is 0 Å². The summed E-state index contributed by atoms with van der Waals surface area (Å²) in [4.78, 5) is 13.5. The number of rotatable bonds is 7. The number of aromatic carboxylic acids is 1. The summed E-state index contributed by atoms with van der Waals surface area (Å²) in [7, 11) is 2.16. The number of benzene rings is 1. The van der Waals surface area contributed by atoms with E-state index in [9.17, 15) is 4.79 Å². The molecule has 1 saturated carbocycles. The van der Waals surface area contributed by atoms with Crippen molar-refractivity contribution in [2.24, 2.45) is 0 Å². The quantitative estimate of drug-likeness (QED) is 0.788. The van der Waals surface area contributed by atoms with Gasteiger partial charge in [-0.3, -0.25) is 4.90 Å². The summed E-state index contributed by atoms with van der Waals surface area (Å²) in [6.07, 6.45) is 2.62. The van der Waals surface area contributed by atoms with Crippen LogP contribution >= 0.6 is 0 Å². The molecule has 0 saturated heterocycles. The van der Waals surface area contributed by atoms with Gasteiger partial charge in [0.15, 0.2) is 0 Å². The van der Waals surface area contributed by atoms with Gasteiger partial charge in [0.2, 0.25) is 0 Å². The first-order valence-corrected chi connectivity index (χ1v) is 6.83. The van der Waals surface area contributed by atoms with E-state index in [1.807, 2.05) is 12.1 Å². The van der Waals surface area contributed by atoms with E-state index in [2.05, 4.69) is 24.2 Å². The second-order valence-corrected chi connectivity index (χ2v) is 5.34. The number of nitrogens with zero attached hydrogens (tertiary/aromatic N) is 1. The summed E-state index contributed by atoms with van der Waals surface area (Å²) < 4.78 is 0. The molecule has 104 valence electrons. The second-order valence-electron chi connectivity index (χ2n) is 5.34. The fourth-order valence-corrected chi connectivity index (χ4v) is 2.28. The largest absolute Gasteiger partial charge is 0.478 e. The van der Waals surface area contributed by atoms with Gasteiger partial charge >= 0.3 is 5.97 Å². The zero-order valence-electron chi connectivity index (χ0n) is 11.6. The summed E-state index contributed by atoms with van der Waals surface area (Å²) in [6, 6.07) is 8.39. The topological polar surface area (TPSA) is 52.6 Å². The highest BCUT2D eigenvalue weighted by Gasteiger charge is 2.28. The first-order valence-electron chi connectivity index (χ1n) is 6.83. The van der Waals surface area contributed by atoms with Crippen molar-refractivity contribution < 1.29 is 9.90 Å². The third-order valence-electron chi connectivity index (χ3n) is 3.82. The van der Waals surface area contributed by atoms with E-state index in [1.54, 1.807) is 12.1 Å². The van der Waals surface area contributed by atoms with Crippen LogP contribution < -0.4 is 5.32 Å². The minimum absolute atomic E-state index is 0.387. The van der Waals surface area contributed by atoms with Gasteiger partial charge in [-0.15, -0.1) is 0 Å². The maximum atomic E-state index is 11.1. The van der Waals surface area contributed by atoms with Crippen molar-refractivity contribution in [2.75, 3.05) is 13.6 Å². The number of carboxylic acid groups (broad SMARTS) is 1. The van der Waals surface area contributed by atoms with Gasteiger partial charge in [-0.25, -0.2) is 4.79 Å². The lowest BCUT2D eigenvalue weighted by atomic mass is 10.1. The predicted octanol–water partition coefficient (Wildman–Crippen LogP) is 1.96. The van der Waals surface area contributed by atoms with E-state index in [0.29, 0.717) is 18.2 Å². The van der Waals surface area contributed by atoms with Gasteiger partial charge < -0.3 is 10.4 Å². The molecule has 0 amide bonds. The van der Waals surface area contributed by atoms with E-state index in [-0.39, 0.29) is 0 Å². The molecule has 2 rings (SSSR count). The molecule has 4 nitrogen and oxygen atoms in total. The number of carboxylic acids is 1. The van der Waals surface area contributed by atoms with Crippen LogP contribution in [0.5, 0.6) is 0 Å². The summed E-state index contributed by atoms with van der Waals surface area (Å²) in [5, 5.41) is 12.5. The number of likely N-dealkylation sites (N-methyl/N-ethyl adjacent to an activating group) is 1. The molecule has 1 aromatic rings. The SMILES string of the molecule is CC(CNCc1ccccc1C(=O)O)N(C)C1CC1. The van der Waals surface area contributed by atoms with Crippen LogP contribution in [0.3, 0.4) is 0 Å². The van der Waals surface area contributed by atoms with Crippen molar-refractivity contribution in [2.45, 2.75) is 38.4 Å². The highest BCUT2D eigenvalue weighted by molar-refractivity contribution is 5.89. The van der Waals surface area contributed by atoms with Gasteiger partial charge in [0.1, 0.15) is 0 Å². The Morgan fingerprint density at radius 3 is 2.79 bits per heavy atom. The fourth-order valence-electron chi connectivity index (χ4n) is 2.28. The average molecular weight is 262 g/mol. The third-order valence-corrected chi connectivity index (χ3v) is 3.82. The molecule has 2 N–H and O–H groups in total. The molecule has 0 heterocycles. The van der Waals surface area contributed by atoms with Crippen LogP contribution in [-0.2, 0) is 6.54 Å². The molecule has 0 spiro atoms. The Morgan fingerprint density at radius 2 is 2.16 bits per heavy atom. The number of carbonyl (C=O) groups is 1. The van der Waals surface area contributed by atoms with Crippen LogP contribution in [0.25, 0.3) is 0 Å². The molecular weight excluding hydrogens is 240 g/mol. The van der Waals surface area contributed by atoms with Gasteiger partial charge in [0.05, 0.1) is 5.56 Å². The first kappa shape index (κ1) is 14.0. The predicted molar refractivity (Wildman–Crippen MR) is 75.4 cm³/mol. The maximum Gasteiger partial charge on any atom is 0.336 e. The second kappa shape index (κ2) is 6.17. The van der Waals surface area contributed by atoms with E-state index >= 15 is 0 Å². The van der Waals surface area contributed by atoms with Gasteiger partial charge in [0, 0.05) is 25.2 Å². The lowest BCUT2D eigenvalue weighted by Crippen LogP contribution is -2.39. The van der Waals surface area contributed by atoms with Crippen molar-refractivity contribution in [3.63, 3.8) is 0 Å². The van der Waals surface area contributed by atoms with Crippen LogP contribution in [0.15, 0.2) is 24.3 Å². The molecule has 0 aromatic heterocycles. The Balaban J connectivity index is 1.83. The molecule has 4 heteroatoms. The molecule has 0 aliphatic heterocycles. The third kappa shape index (κ3) is 3.78. The molecule has 1 aromatic carbocycles. The summed E-state index contributed by atoms with van der Waals surface area (Å²) in [6.45, 7) is 3.68. The minimum atomic E-state index is -0.861. The number of hydrogen-bond acceptors (Lipinski definition) is 3. The Hall–Kier alpha value is -1.39. The Bertz CT molecular complexity index is 444. The maximum absolute atomic E-state index is 11.1. The number of nitrogens with one attached hydrogen (secondary N) is 1. The molecule has 19 heavy (non-hydrogen) atoms. The van der Waals surface area contributed by atoms with E-state index < -0.39 is 5.97 Å². The van der Waals surface area contributed by atoms with Crippen molar-refractivity contribution in [1.82, 2.24) is 10.2 Å². The minimum Gasteiger partial charge on any atom is -0.478 e. The summed E-state index contributed by atoms with van der Waals surface area (Å²) >= 11 is 0. The Labute approximate surface area is 114 Å². The zero-order valence-corrected chi connectivity index (χ0v) is 11.6. The average Bonchev–Trinajstić information content (AvgIpc) is 3.22. The van der Waals surface area contributed by atoms with Crippen molar-refractivity contribution in [1.29, 1.82) is 0 Å². The zero-order chi connectivity index (χ0) is 13.8. The molecule has 0 bridgehead atoms. The summed E-state index contributed by atoms with van der Waals surface area (Å²) in [5.74, 6) is -0.861. The van der Waals surface area contributed by atoms with Crippen LogP contribution in [0.4, 0.5) is 0 Å². The molecule has 1 aliphatic rings. The lowest BCUT2D eigenvalue weighted by Gasteiger charge is -2.24. The Kier molecular flexibility index (Phi) is 4.56. The molecular formula is C15H22N2O2. The molecule has 1 atom stereocenters. The van der Waals surface area contributed by atoms with Gasteiger partial charge in [-0.1, -0.05) is 18.2 Å². The van der Waals surface area contributed by atoms with E-state index in [1.165, 1.54) is 12.8 Å². The van der Waals surface area contributed by atoms with Crippen LogP contribution in [0, 0.1) is 0 Å². The fraction of sp³-hybridized carbons (Fsp3) is 0.533.